The van der Waals surface area contributed by atoms with Gasteiger partial charge in [0.05, 0.1) is 23.2 Å². The number of hydrogen-bond donors (Lipinski definition) is 3. The van der Waals surface area contributed by atoms with Crippen LogP contribution in [0.15, 0.2) is 58.4 Å². The second-order valence-corrected chi connectivity index (χ2v) is 11.2. The Bertz CT molecular complexity index is 1610. The molecule has 9 nitrogen and oxygen atoms in total. The van der Waals surface area contributed by atoms with Crippen molar-refractivity contribution in [2.24, 2.45) is 5.41 Å². The van der Waals surface area contributed by atoms with Gasteiger partial charge in [-0.3, -0.25) is 18.8 Å². The first-order valence-electron chi connectivity index (χ1n) is 12.3. The Morgan fingerprint density at radius 1 is 1.17 bits per heavy atom. The molecule has 3 N–H and O–H groups in total. The van der Waals surface area contributed by atoms with E-state index in [9.17, 15) is 19.5 Å². The smallest absolute Gasteiger partial charge is 0.272 e. The zero-order valence-electron chi connectivity index (χ0n) is 20.3. The van der Waals surface area contributed by atoms with E-state index < -0.39 is 5.60 Å². The van der Waals surface area contributed by atoms with E-state index in [1.807, 2.05) is 24.3 Å². The molecule has 0 unspecified atom stereocenters. The monoisotopic (exact) mass is 487 g/mol. The zero-order valence-corrected chi connectivity index (χ0v) is 20.3. The predicted molar refractivity (Wildman–Crippen MR) is 135 cm³/mol. The molecule has 6 rings (SSSR count). The van der Waals surface area contributed by atoms with Crippen molar-refractivity contribution in [1.29, 1.82) is 0 Å². The molecule has 2 aliphatic rings. The van der Waals surface area contributed by atoms with Crippen molar-refractivity contribution in [2.45, 2.75) is 63.6 Å². The SMILES string of the molecule is CC(C)(O)Cn1cc(C(=O)N[C@H]2CC3(C2)C[C@H](c2n[nH]c(=O)c4ccccc42)C3)n2ccc(=O)cc12. The summed E-state index contributed by atoms with van der Waals surface area (Å²) >= 11 is 0. The van der Waals surface area contributed by atoms with Crippen LogP contribution in [0.4, 0.5) is 0 Å². The van der Waals surface area contributed by atoms with E-state index in [2.05, 4.69) is 15.5 Å². The first-order chi connectivity index (χ1) is 17.1. The van der Waals surface area contributed by atoms with Gasteiger partial charge in [-0.1, -0.05) is 18.2 Å². The number of benzene rings is 1. The molecule has 3 heterocycles. The summed E-state index contributed by atoms with van der Waals surface area (Å²) in [5.41, 5.74) is 0.864. The third kappa shape index (κ3) is 3.83. The molecular weight excluding hydrogens is 458 g/mol. The summed E-state index contributed by atoms with van der Waals surface area (Å²) in [6.07, 6.45) is 7.11. The first-order valence-corrected chi connectivity index (χ1v) is 12.3. The molecule has 4 aromatic rings. The van der Waals surface area contributed by atoms with Crippen molar-refractivity contribution in [3.8, 4) is 0 Å². The second kappa shape index (κ2) is 7.89. The molecule has 1 spiro atoms. The number of H-pyrrole nitrogens is 1. The first kappa shape index (κ1) is 22.7. The molecule has 0 atom stereocenters. The molecule has 36 heavy (non-hydrogen) atoms. The van der Waals surface area contributed by atoms with Crippen molar-refractivity contribution in [1.82, 2.24) is 24.5 Å². The standard InChI is InChI=1S/C27H29N5O4/c1-26(2,36)15-31-14-21(32-8-7-18(33)9-22(31)32)25(35)28-17-12-27(13-17)10-16(11-27)23-19-5-3-4-6-20(19)24(34)30-29-23/h3-9,14,16-17,36H,10-13,15H2,1-2H3,(H,28,35)(H,30,34)/t16-,17-,27?. The van der Waals surface area contributed by atoms with Gasteiger partial charge < -0.3 is 15.0 Å². The van der Waals surface area contributed by atoms with E-state index in [4.69, 9.17) is 0 Å². The summed E-state index contributed by atoms with van der Waals surface area (Å²) in [5, 5.41) is 22.0. The van der Waals surface area contributed by atoms with E-state index in [1.54, 1.807) is 35.2 Å². The minimum Gasteiger partial charge on any atom is -0.389 e. The van der Waals surface area contributed by atoms with Crippen molar-refractivity contribution in [3.05, 3.63) is 80.8 Å². The van der Waals surface area contributed by atoms with Gasteiger partial charge in [-0.25, -0.2) is 5.10 Å². The van der Waals surface area contributed by atoms with Crippen LogP contribution in [0.2, 0.25) is 0 Å². The number of hydrogen-bond acceptors (Lipinski definition) is 5. The summed E-state index contributed by atoms with van der Waals surface area (Å²) in [6.45, 7) is 3.64. The number of fused-ring (bicyclic) bond motifs is 2. The predicted octanol–water partition coefficient (Wildman–Crippen LogP) is 2.56. The van der Waals surface area contributed by atoms with E-state index in [0.717, 1.165) is 36.8 Å². The molecule has 2 aliphatic carbocycles. The summed E-state index contributed by atoms with van der Waals surface area (Å²) in [4.78, 5) is 37.2. The number of aromatic nitrogens is 4. The minimum atomic E-state index is -0.994. The molecule has 2 fully saturated rings. The highest BCUT2D eigenvalue weighted by molar-refractivity contribution is 5.93. The van der Waals surface area contributed by atoms with Gasteiger partial charge in [0.25, 0.3) is 11.5 Å². The topological polar surface area (TPSA) is 121 Å². The number of amides is 1. The highest BCUT2D eigenvalue weighted by Gasteiger charge is 2.54. The number of aliphatic hydroxyl groups is 1. The Hall–Kier alpha value is -3.72. The number of nitrogens with zero attached hydrogens (tertiary/aromatic N) is 3. The van der Waals surface area contributed by atoms with Gasteiger partial charge in [0, 0.05) is 41.9 Å². The van der Waals surface area contributed by atoms with Crippen molar-refractivity contribution < 1.29 is 9.90 Å². The Morgan fingerprint density at radius 3 is 2.61 bits per heavy atom. The Morgan fingerprint density at radius 2 is 1.89 bits per heavy atom. The maximum atomic E-state index is 13.2. The van der Waals surface area contributed by atoms with E-state index in [0.29, 0.717) is 22.6 Å². The summed E-state index contributed by atoms with van der Waals surface area (Å²) < 4.78 is 3.44. The van der Waals surface area contributed by atoms with Crippen LogP contribution in [0.25, 0.3) is 16.4 Å². The van der Waals surface area contributed by atoms with Gasteiger partial charge in [0.2, 0.25) is 0 Å². The van der Waals surface area contributed by atoms with E-state index >= 15 is 0 Å². The van der Waals surface area contributed by atoms with Crippen LogP contribution in [0.1, 0.15) is 61.6 Å². The molecule has 186 valence electrons. The van der Waals surface area contributed by atoms with Crippen LogP contribution in [0.3, 0.4) is 0 Å². The third-order valence-corrected chi connectivity index (χ3v) is 7.69. The second-order valence-electron chi connectivity index (χ2n) is 11.2. The Balaban J connectivity index is 1.14. The van der Waals surface area contributed by atoms with Gasteiger partial charge in [-0.2, -0.15) is 5.10 Å². The van der Waals surface area contributed by atoms with Gasteiger partial charge in [-0.15, -0.1) is 0 Å². The fourth-order valence-corrected chi connectivity index (χ4v) is 6.19. The lowest BCUT2D eigenvalue weighted by molar-refractivity contribution is -0.0197. The fraction of sp³-hybridized carbons (Fsp3) is 0.407. The Labute approximate surface area is 206 Å². The van der Waals surface area contributed by atoms with Crippen LogP contribution in [0.5, 0.6) is 0 Å². The molecule has 3 aromatic heterocycles. The third-order valence-electron chi connectivity index (χ3n) is 7.69. The molecular formula is C27H29N5O4. The number of rotatable bonds is 5. The molecule has 1 amide bonds. The van der Waals surface area contributed by atoms with Crippen molar-refractivity contribution >= 4 is 22.3 Å². The molecule has 0 saturated heterocycles. The number of nitrogens with one attached hydrogen (secondary N) is 2. The van der Waals surface area contributed by atoms with Crippen LogP contribution >= 0.6 is 0 Å². The molecule has 0 radical (unpaired) electrons. The van der Waals surface area contributed by atoms with Gasteiger partial charge in [-0.05, 0) is 51.0 Å². The number of carbonyl (C=O) groups is 1. The number of pyridine rings is 1. The number of carbonyl (C=O) groups excluding carboxylic acids is 1. The lowest BCUT2D eigenvalue weighted by Crippen LogP contribution is -2.55. The number of aromatic amines is 1. The van der Waals surface area contributed by atoms with Gasteiger partial charge in [0.15, 0.2) is 5.43 Å². The molecule has 0 bridgehead atoms. The summed E-state index contributed by atoms with van der Waals surface area (Å²) in [6, 6.07) is 10.6. The van der Waals surface area contributed by atoms with Crippen molar-refractivity contribution in [3.63, 3.8) is 0 Å². The summed E-state index contributed by atoms with van der Waals surface area (Å²) in [7, 11) is 0. The lowest BCUT2D eigenvalue weighted by Gasteiger charge is -2.57. The van der Waals surface area contributed by atoms with Crippen LogP contribution in [-0.2, 0) is 6.54 Å². The summed E-state index contributed by atoms with van der Waals surface area (Å²) in [5.74, 6) is 0.113. The van der Waals surface area contributed by atoms with E-state index in [1.165, 1.54) is 12.1 Å². The van der Waals surface area contributed by atoms with Crippen LogP contribution < -0.4 is 16.3 Å². The van der Waals surface area contributed by atoms with Crippen LogP contribution in [0, 0.1) is 5.41 Å². The highest BCUT2D eigenvalue weighted by Crippen LogP contribution is 2.62. The van der Waals surface area contributed by atoms with E-state index in [-0.39, 0.29) is 34.9 Å². The Kier molecular flexibility index (Phi) is 4.98. The quantitative estimate of drug-likeness (QED) is 0.400. The minimum absolute atomic E-state index is 0.0887. The van der Waals surface area contributed by atoms with Gasteiger partial charge in [0.1, 0.15) is 11.3 Å². The fourth-order valence-electron chi connectivity index (χ4n) is 6.19. The maximum absolute atomic E-state index is 13.2. The average molecular weight is 488 g/mol. The maximum Gasteiger partial charge on any atom is 0.272 e. The molecule has 0 aliphatic heterocycles. The lowest BCUT2D eigenvalue weighted by atomic mass is 9.49. The average Bonchev–Trinajstić information content (AvgIpc) is 3.11. The molecule has 9 heteroatoms. The zero-order chi connectivity index (χ0) is 25.2. The molecule has 1 aromatic carbocycles. The normalized spacial score (nSPS) is 23.5. The van der Waals surface area contributed by atoms with Crippen molar-refractivity contribution in [2.75, 3.05) is 0 Å². The largest absolute Gasteiger partial charge is 0.389 e. The van der Waals surface area contributed by atoms with Gasteiger partial charge >= 0.3 is 0 Å². The van der Waals surface area contributed by atoms with Crippen LogP contribution in [-0.4, -0.2) is 41.8 Å². The highest BCUT2D eigenvalue weighted by atomic mass is 16.3. The number of imidazole rings is 1. The molecule has 2 saturated carbocycles.